The fourth-order valence-corrected chi connectivity index (χ4v) is 4.22. The quantitative estimate of drug-likeness (QED) is 0.745. The van der Waals surface area contributed by atoms with Gasteiger partial charge in [-0.2, -0.15) is 0 Å². The highest BCUT2D eigenvalue weighted by Crippen LogP contribution is 2.25. The van der Waals surface area contributed by atoms with Crippen LogP contribution in [0, 0.1) is 11.6 Å². The lowest BCUT2D eigenvalue weighted by atomic mass is 10.1. The normalized spacial score (nSPS) is 17.4. The lowest BCUT2D eigenvalue weighted by molar-refractivity contribution is -0.158. The third kappa shape index (κ3) is 4.73. The molecule has 1 saturated carbocycles. The zero-order valence-electron chi connectivity index (χ0n) is 16.9. The van der Waals surface area contributed by atoms with Crippen LogP contribution in [0.3, 0.4) is 0 Å². The Balaban J connectivity index is 1.36. The van der Waals surface area contributed by atoms with E-state index in [1.54, 1.807) is 29.2 Å². The van der Waals surface area contributed by atoms with Crippen LogP contribution in [0.5, 0.6) is 0 Å². The lowest BCUT2D eigenvalue weighted by Gasteiger charge is -2.37. The molecule has 31 heavy (non-hydrogen) atoms. The Morgan fingerprint density at radius 3 is 2.23 bits per heavy atom. The van der Waals surface area contributed by atoms with Crippen molar-refractivity contribution in [3.8, 4) is 0 Å². The predicted octanol–water partition coefficient (Wildman–Crippen LogP) is 3.33. The third-order valence-corrected chi connectivity index (χ3v) is 5.82. The molecule has 162 valence electrons. The molecule has 0 aromatic heterocycles. The topological polar surface area (TPSA) is 69.7 Å². The second-order valence-corrected chi connectivity index (χ2v) is 7.97. The van der Waals surface area contributed by atoms with E-state index in [2.05, 4.69) is 5.32 Å². The largest absolute Gasteiger partial charge is 0.330 e. The molecule has 1 aliphatic carbocycles. The first-order valence-electron chi connectivity index (χ1n) is 10.4. The van der Waals surface area contributed by atoms with Gasteiger partial charge in [-0.05, 0) is 42.7 Å². The van der Waals surface area contributed by atoms with Gasteiger partial charge in [0.05, 0.1) is 0 Å². The summed E-state index contributed by atoms with van der Waals surface area (Å²) in [5.74, 6) is -2.99. The summed E-state index contributed by atoms with van der Waals surface area (Å²) in [6, 6.07) is 9.51. The summed E-state index contributed by atoms with van der Waals surface area (Å²) < 4.78 is 26.6. The van der Waals surface area contributed by atoms with E-state index in [1.807, 2.05) is 0 Å². The van der Waals surface area contributed by atoms with Gasteiger partial charge in [-0.1, -0.05) is 25.0 Å². The maximum absolute atomic E-state index is 13.3. The smallest absolute Gasteiger partial charge is 0.312 e. The van der Waals surface area contributed by atoms with Crippen LogP contribution in [0.15, 0.2) is 42.5 Å². The van der Waals surface area contributed by atoms with Gasteiger partial charge in [0.2, 0.25) is 0 Å². The van der Waals surface area contributed by atoms with Crippen LogP contribution in [-0.2, 0) is 16.1 Å². The van der Waals surface area contributed by atoms with Gasteiger partial charge in [-0.15, -0.1) is 0 Å². The molecule has 0 spiro atoms. The van der Waals surface area contributed by atoms with Crippen LogP contribution < -0.4 is 5.32 Å². The molecule has 8 heteroatoms. The van der Waals surface area contributed by atoms with Crippen molar-refractivity contribution in [2.45, 2.75) is 38.3 Å². The highest BCUT2D eigenvalue weighted by Gasteiger charge is 2.37. The Labute approximate surface area is 178 Å². The summed E-state index contributed by atoms with van der Waals surface area (Å²) in [5, 5.41) is 2.45. The number of carbonyl (C=O) groups excluding carboxylic acids is 3. The molecule has 3 amide bonds. The SMILES string of the molecule is O=C(Nc1cc(F)cc(F)c1)c1ccc(CN2CCN(C3CCCC3)C(=O)C2=O)cc1. The van der Waals surface area contributed by atoms with Gasteiger partial charge in [-0.3, -0.25) is 14.4 Å². The zero-order valence-corrected chi connectivity index (χ0v) is 16.9. The number of hydrogen-bond acceptors (Lipinski definition) is 3. The first-order chi connectivity index (χ1) is 14.9. The molecule has 2 aromatic carbocycles. The number of rotatable bonds is 5. The molecule has 0 unspecified atom stereocenters. The van der Waals surface area contributed by atoms with E-state index in [0.29, 0.717) is 18.7 Å². The van der Waals surface area contributed by atoms with E-state index in [-0.39, 0.29) is 18.3 Å². The molecule has 0 radical (unpaired) electrons. The van der Waals surface area contributed by atoms with E-state index < -0.39 is 29.4 Å². The van der Waals surface area contributed by atoms with E-state index in [1.165, 1.54) is 4.90 Å². The minimum atomic E-state index is -0.780. The highest BCUT2D eigenvalue weighted by molar-refractivity contribution is 6.35. The van der Waals surface area contributed by atoms with Crippen LogP contribution in [0.1, 0.15) is 41.6 Å². The predicted molar refractivity (Wildman–Crippen MR) is 110 cm³/mol. The van der Waals surface area contributed by atoms with Gasteiger partial charge in [0.25, 0.3) is 5.91 Å². The third-order valence-electron chi connectivity index (χ3n) is 5.82. The van der Waals surface area contributed by atoms with E-state index in [9.17, 15) is 23.2 Å². The second kappa shape index (κ2) is 8.83. The molecule has 1 saturated heterocycles. The van der Waals surface area contributed by atoms with Gasteiger partial charge in [0.1, 0.15) is 11.6 Å². The van der Waals surface area contributed by atoms with Gasteiger partial charge < -0.3 is 15.1 Å². The molecule has 6 nitrogen and oxygen atoms in total. The molecule has 2 aliphatic rings. The second-order valence-electron chi connectivity index (χ2n) is 7.97. The molecule has 0 bridgehead atoms. The Kier molecular flexibility index (Phi) is 5.97. The maximum atomic E-state index is 13.3. The summed E-state index contributed by atoms with van der Waals surface area (Å²) in [7, 11) is 0. The number of piperazine rings is 1. The number of amides is 3. The molecular formula is C23H23F2N3O3. The molecule has 4 rings (SSSR count). The number of halogens is 2. The van der Waals surface area contributed by atoms with E-state index in [4.69, 9.17) is 0 Å². The van der Waals surface area contributed by atoms with Crippen molar-refractivity contribution in [3.05, 3.63) is 65.2 Å². The van der Waals surface area contributed by atoms with Crippen molar-refractivity contribution in [3.63, 3.8) is 0 Å². The van der Waals surface area contributed by atoms with Gasteiger partial charge >= 0.3 is 11.8 Å². The van der Waals surface area contributed by atoms with Crippen molar-refractivity contribution >= 4 is 23.4 Å². The summed E-state index contributed by atoms with van der Waals surface area (Å²) in [4.78, 5) is 40.6. The summed E-state index contributed by atoms with van der Waals surface area (Å²) in [5.41, 5.74) is 1.11. The number of carbonyl (C=O) groups is 3. The van der Waals surface area contributed by atoms with Crippen LogP contribution >= 0.6 is 0 Å². The number of hydrogen-bond donors (Lipinski definition) is 1. The minimum absolute atomic E-state index is 0.0239. The summed E-state index contributed by atoms with van der Waals surface area (Å²) >= 11 is 0. The summed E-state index contributed by atoms with van der Waals surface area (Å²) in [6.45, 7) is 1.30. The molecule has 1 aliphatic heterocycles. The molecule has 0 atom stereocenters. The first-order valence-corrected chi connectivity index (χ1v) is 10.4. The number of benzene rings is 2. The van der Waals surface area contributed by atoms with Gasteiger partial charge in [-0.25, -0.2) is 8.78 Å². The first kappa shape index (κ1) is 21.0. The molecule has 1 heterocycles. The van der Waals surface area contributed by atoms with Crippen molar-refractivity contribution in [2.75, 3.05) is 18.4 Å². The van der Waals surface area contributed by atoms with Crippen molar-refractivity contribution in [2.24, 2.45) is 0 Å². The van der Waals surface area contributed by atoms with Crippen LogP contribution in [-0.4, -0.2) is 46.7 Å². The van der Waals surface area contributed by atoms with Crippen LogP contribution in [0.2, 0.25) is 0 Å². The summed E-state index contributed by atoms with van der Waals surface area (Å²) in [6.07, 6.45) is 4.12. The Morgan fingerprint density at radius 2 is 1.58 bits per heavy atom. The van der Waals surface area contributed by atoms with E-state index in [0.717, 1.165) is 49.4 Å². The molecule has 1 N–H and O–H groups in total. The van der Waals surface area contributed by atoms with Crippen LogP contribution in [0.25, 0.3) is 0 Å². The number of anilines is 1. The van der Waals surface area contributed by atoms with Gasteiger partial charge in [0.15, 0.2) is 0 Å². The molecule has 2 aromatic rings. The fraction of sp³-hybridized carbons (Fsp3) is 0.348. The zero-order chi connectivity index (χ0) is 22.0. The molecular weight excluding hydrogens is 404 g/mol. The minimum Gasteiger partial charge on any atom is -0.330 e. The molecule has 2 fully saturated rings. The van der Waals surface area contributed by atoms with Crippen molar-refractivity contribution < 1.29 is 23.2 Å². The average Bonchev–Trinajstić information content (AvgIpc) is 3.26. The number of nitrogens with one attached hydrogen (secondary N) is 1. The monoisotopic (exact) mass is 427 g/mol. The Morgan fingerprint density at radius 1 is 0.935 bits per heavy atom. The maximum Gasteiger partial charge on any atom is 0.312 e. The van der Waals surface area contributed by atoms with Crippen molar-refractivity contribution in [1.29, 1.82) is 0 Å². The Bertz CT molecular complexity index is 983. The fourth-order valence-electron chi connectivity index (χ4n) is 4.22. The Hall–Kier alpha value is -3.29. The van der Waals surface area contributed by atoms with Crippen LogP contribution in [0.4, 0.5) is 14.5 Å². The lowest BCUT2D eigenvalue weighted by Crippen LogP contribution is -2.56. The van der Waals surface area contributed by atoms with Crippen molar-refractivity contribution in [1.82, 2.24) is 9.80 Å². The average molecular weight is 427 g/mol. The highest BCUT2D eigenvalue weighted by atomic mass is 19.1. The van der Waals surface area contributed by atoms with Gasteiger partial charge in [0, 0.05) is 43.0 Å². The standard InChI is InChI=1S/C23H23F2N3O3/c24-17-11-18(25)13-19(12-17)26-21(29)16-7-5-15(6-8-16)14-27-9-10-28(23(31)22(27)30)20-3-1-2-4-20/h5-8,11-13,20H,1-4,9-10,14H2,(H,26,29). The number of nitrogens with zero attached hydrogens (tertiary/aromatic N) is 2. The van der Waals surface area contributed by atoms with E-state index >= 15 is 0 Å².